The lowest BCUT2D eigenvalue weighted by atomic mass is 10.1. The van der Waals surface area contributed by atoms with Gasteiger partial charge < -0.3 is 14.2 Å². The molecule has 0 bridgehead atoms. The Hall–Kier alpha value is -3.43. The second-order valence-corrected chi connectivity index (χ2v) is 8.50. The summed E-state index contributed by atoms with van der Waals surface area (Å²) in [6.45, 7) is 0.00543. The van der Waals surface area contributed by atoms with Crippen molar-refractivity contribution >= 4 is 40.6 Å². The lowest BCUT2D eigenvalue weighted by Crippen LogP contribution is -2.28. The maximum atomic E-state index is 12.7. The van der Waals surface area contributed by atoms with E-state index in [1.54, 1.807) is 59.5 Å². The summed E-state index contributed by atoms with van der Waals surface area (Å²) in [6.07, 6.45) is 0. The number of halogens is 1. The molecule has 1 saturated heterocycles. The van der Waals surface area contributed by atoms with Gasteiger partial charge in [-0.3, -0.25) is 19.8 Å². The third-order valence-corrected chi connectivity index (χ3v) is 6.46. The van der Waals surface area contributed by atoms with Crippen molar-refractivity contribution in [2.45, 2.75) is 5.37 Å². The largest absolute Gasteiger partial charge is 0.457 e. The molecule has 0 spiro atoms. The summed E-state index contributed by atoms with van der Waals surface area (Å²) < 4.78 is 16.5. The van der Waals surface area contributed by atoms with E-state index >= 15 is 0 Å². The predicted molar refractivity (Wildman–Crippen MR) is 120 cm³/mol. The fraction of sp³-hybridized carbons (Fsp3) is 0.136. The Balaban J connectivity index is 1.45. The van der Waals surface area contributed by atoms with Crippen molar-refractivity contribution in [2.75, 3.05) is 17.4 Å². The molecule has 162 valence electrons. The topological polar surface area (TPSA) is 91.1 Å². The molecule has 1 amide bonds. The molecule has 8 nitrogen and oxygen atoms in total. The van der Waals surface area contributed by atoms with E-state index in [1.165, 1.54) is 17.8 Å². The van der Waals surface area contributed by atoms with Crippen LogP contribution in [0.4, 0.5) is 11.4 Å². The minimum Gasteiger partial charge on any atom is -0.457 e. The van der Waals surface area contributed by atoms with Gasteiger partial charge in [-0.1, -0.05) is 11.6 Å². The molecule has 0 unspecified atom stereocenters. The molecule has 2 heterocycles. The average molecular weight is 471 g/mol. The maximum absolute atomic E-state index is 12.7. The standard InChI is InChI=1S/C22H15ClN2O6S/c23-13-1-5-15(6-2-13)31-16-7-3-14(4-8-16)24-21(26)11-32-22(24)17-9-19-20(30-12-29-19)10-18(17)25(27)28/h1-10,22H,11-12H2/t22-/m1/s1. The smallest absolute Gasteiger partial charge is 0.279 e. The highest BCUT2D eigenvalue weighted by atomic mass is 35.5. The highest BCUT2D eigenvalue weighted by Crippen LogP contribution is 2.48. The molecule has 2 aliphatic rings. The number of anilines is 1. The number of nitro groups is 1. The number of benzene rings is 3. The lowest BCUT2D eigenvalue weighted by molar-refractivity contribution is -0.385. The number of hydrogen-bond acceptors (Lipinski definition) is 7. The van der Waals surface area contributed by atoms with E-state index in [2.05, 4.69) is 0 Å². The molecule has 5 rings (SSSR count). The molecule has 0 aromatic heterocycles. The van der Waals surface area contributed by atoms with Crippen LogP contribution in [0.2, 0.25) is 5.02 Å². The Kier molecular flexibility index (Phi) is 5.28. The molecule has 0 radical (unpaired) electrons. The van der Waals surface area contributed by atoms with Crippen molar-refractivity contribution in [3.05, 3.63) is 81.4 Å². The molecule has 1 atom stereocenters. The minimum atomic E-state index is -0.569. The Morgan fingerprint density at radius 1 is 1.03 bits per heavy atom. The summed E-state index contributed by atoms with van der Waals surface area (Å²) in [4.78, 5) is 25.5. The Bertz CT molecular complexity index is 1200. The van der Waals surface area contributed by atoms with E-state index < -0.39 is 10.3 Å². The van der Waals surface area contributed by atoms with E-state index in [4.69, 9.17) is 25.8 Å². The minimum absolute atomic E-state index is 0.00543. The predicted octanol–water partition coefficient (Wildman–Crippen LogP) is 5.55. The number of nitro benzene ring substituents is 1. The number of nitrogens with zero attached hydrogens (tertiary/aromatic N) is 2. The number of amides is 1. The number of carbonyl (C=O) groups is 1. The van der Waals surface area contributed by atoms with Crippen LogP contribution in [0.15, 0.2) is 60.7 Å². The third kappa shape index (κ3) is 3.80. The number of rotatable bonds is 5. The number of fused-ring (bicyclic) bond motifs is 1. The van der Waals surface area contributed by atoms with Gasteiger partial charge in [0.2, 0.25) is 12.7 Å². The fourth-order valence-electron chi connectivity index (χ4n) is 3.55. The van der Waals surface area contributed by atoms with Gasteiger partial charge in [0.15, 0.2) is 11.5 Å². The summed E-state index contributed by atoms with van der Waals surface area (Å²) in [7, 11) is 0. The Labute approximate surface area is 191 Å². The molecule has 3 aromatic carbocycles. The first-order valence-corrected chi connectivity index (χ1v) is 11.0. The summed E-state index contributed by atoms with van der Waals surface area (Å²) in [5.74, 6) is 2.03. The zero-order valence-electron chi connectivity index (χ0n) is 16.4. The maximum Gasteiger partial charge on any atom is 0.279 e. The highest BCUT2D eigenvalue weighted by molar-refractivity contribution is 8.00. The van der Waals surface area contributed by atoms with Gasteiger partial charge in [0.1, 0.15) is 16.9 Å². The van der Waals surface area contributed by atoms with E-state index in [0.29, 0.717) is 39.3 Å². The quantitative estimate of drug-likeness (QED) is 0.356. The van der Waals surface area contributed by atoms with Gasteiger partial charge in [-0.25, -0.2) is 0 Å². The van der Waals surface area contributed by atoms with Gasteiger partial charge in [-0.2, -0.15) is 0 Å². The van der Waals surface area contributed by atoms with Crippen LogP contribution in [0.25, 0.3) is 0 Å². The van der Waals surface area contributed by atoms with Crippen LogP contribution in [0, 0.1) is 10.1 Å². The first-order chi connectivity index (χ1) is 15.5. The zero-order valence-corrected chi connectivity index (χ0v) is 18.0. The molecule has 0 saturated carbocycles. The fourth-order valence-corrected chi connectivity index (χ4v) is 4.87. The van der Waals surface area contributed by atoms with Crippen LogP contribution in [0.5, 0.6) is 23.0 Å². The van der Waals surface area contributed by atoms with E-state index in [1.807, 2.05) is 0 Å². The summed E-state index contributed by atoms with van der Waals surface area (Å²) in [5.41, 5.74) is 0.881. The number of thioether (sulfide) groups is 1. The summed E-state index contributed by atoms with van der Waals surface area (Å²) in [5, 5.41) is 11.8. The first-order valence-electron chi connectivity index (χ1n) is 9.55. The van der Waals surface area contributed by atoms with E-state index in [0.717, 1.165) is 0 Å². The van der Waals surface area contributed by atoms with Crippen LogP contribution in [-0.2, 0) is 4.79 Å². The van der Waals surface area contributed by atoms with E-state index in [-0.39, 0.29) is 24.1 Å². The van der Waals surface area contributed by atoms with Gasteiger partial charge in [0.05, 0.1) is 22.3 Å². The zero-order chi connectivity index (χ0) is 22.2. The Morgan fingerprint density at radius 3 is 2.31 bits per heavy atom. The van der Waals surface area contributed by atoms with Crippen molar-refractivity contribution in [2.24, 2.45) is 0 Å². The molecular formula is C22H15ClN2O6S. The van der Waals surface area contributed by atoms with Crippen LogP contribution < -0.4 is 19.1 Å². The average Bonchev–Trinajstić information content (AvgIpc) is 3.41. The molecule has 3 aromatic rings. The molecule has 10 heteroatoms. The van der Waals surface area contributed by atoms with Crippen LogP contribution in [0.1, 0.15) is 10.9 Å². The molecule has 1 fully saturated rings. The second kappa shape index (κ2) is 8.25. The van der Waals surface area contributed by atoms with Crippen molar-refractivity contribution in [3.8, 4) is 23.0 Å². The number of hydrogen-bond donors (Lipinski definition) is 0. The van der Waals surface area contributed by atoms with E-state index in [9.17, 15) is 14.9 Å². The SMILES string of the molecule is O=C1CS[C@H](c2cc3c(cc2[N+](=O)[O-])OCO3)N1c1ccc(Oc2ccc(Cl)cc2)cc1. The number of carbonyl (C=O) groups excluding carboxylic acids is 1. The third-order valence-electron chi connectivity index (χ3n) is 5.02. The normalized spacial score (nSPS) is 17.0. The monoisotopic (exact) mass is 470 g/mol. The van der Waals surface area contributed by atoms with Gasteiger partial charge in [-0.05, 0) is 54.6 Å². The van der Waals surface area contributed by atoms with Crippen molar-refractivity contribution in [3.63, 3.8) is 0 Å². The van der Waals surface area contributed by atoms with Gasteiger partial charge in [0.25, 0.3) is 5.69 Å². The van der Waals surface area contributed by atoms with Crippen LogP contribution in [0.3, 0.4) is 0 Å². The molecule has 2 aliphatic heterocycles. The second-order valence-electron chi connectivity index (χ2n) is 7.00. The van der Waals surface area contributed by atoms with Gasteiger partial charge in [-0.15, -0.1) is 11.8 Å². The van der Waals surface area contributed by atoms with Crippen molar-refractivity contribution in [1.82, 2.24) is 0 Å². The summed E-state index contributed by atoms with van der Waals surface area (Å²) in [6, 6.07) is 16.9. The molecule has 0 N–H and O–H groups in total. The van der Waals surface area contributed by atoms with Crippen LogP contribution >= 0.6 is 23.4 Å². The van der Waals surface area contributed by atoms with Gasteiger partial charge >= 0.3 is 0 Å². The molecular weight excluding hydrogens is 456 g/mol. The lowest BCUT2D eigenvalue weighted by Gasteiger charge is -2.24. The van der Waals surface area contributed by atoms with Gasteiger partial charge in [0, 0.05) is 10.7 Å². The summed E-state index contributed by atoms with van der Waals surface area (Å²) >= 11 is 7.22. The van der Waals surface area contributed by atoms with Crippen LogP contribution in [-0.4, -0.2) is 23.4 Å². The molecule has 0 aliphatic carbocycles. The van der Waals surface area contributed by atoms with Crippen molar-refractivity contribution < 1.29 is 23.9 Å². The highest BCUT2D eigenvalue weighted by Gasteiger charge is 2.39. The molecule has 32 heavy (non-hydrogen) atoms. The number of ether oxygens (including phenoxy) is 3. The van der Waals surface area contributed by atoms with Crippen molar-refractivity contribution in [1.29, 1.82) is 0 Å². The first kappa shape index (κ1) is 20.5. The Morgan fingerprint density at radius 2 is 1.66 bits per heavy atom.